The summed E-state index contributed by atoms with van der Waals surface area (Å²) in [7, 11) is 1.83. The average molecular weight is 424 g/mol. The van der Waals surface area contributed by atoms with E-state index in [2.05, 4.69) is 48.5 Å². The van der Waals surface area contributed by atoms with Crippen LogP contribution in [-0.2, 0) is 4.74 Å². The van der Waals surface area contributed by atoms with Crippen LogP contribution in [0.5, 0.6) is 0 Å². The SMILES string of the molecule is CN(CCCCCCCCCCCO)C(=O)OCC1c2ccccc2-c2ccccc21. The monoisotopic (exact) mass is 423 g/mol. The highest BCUT2D eigenvalue weighted by molar-refractivity contribution is 5.79. The predicted molar refractivity (Wildman–Crippen MR) is 126 cm³/mol. The zero-order valence-corrected chi connectivity index (χ0v) is 18.9. The van der Waals surface area contributed by atoms with E-state index >= 15 is 0 Å². The van der Waals surface area contributed by atoms with Crippen LogP contribution in [0.3, 0.4) is 0 Å². The van der Waals surface area contributed by atoms with Crippen molar-refractivity contribution >= 4 is 6.09 Å². The Balaban J connectivity index is 1.35. The van der Waals surface area contributed by atoms with Crippen LogP contribution in [0.4, 0.5) is 4.79 Å². The number of hydrogen-bond donors (Lipinski definition) is 1. The van der Waals surface area contributed by atoms with Crippen LogP contribution in [0.15, 0.2) is 48.5 Å². The number of hydrogen-bond acceptors (Lipinski definition) is 3. The van der Waals surface area contributed by atoms with Crippen LogP contribution in [0.2, 0.25) is 0 Å². The van der Waals surface area contributed by atoms with Gasteiger partial charge < -0.3 is 14.7 Å². The van der Waals surface area contributed by atoms with Gasteiger partial charge in [-0.05, 0) is 35.1 Å². The number of unbranched alkanes of at least 4 members (excludes halogenated alkanes) is 8. The van der Waals surface area contributed by atoms with Gasteiger partial charge in [0.15, 0.2) is 0 Å². The fraction of sp³-hybridized carbons (Fsp3) is 0.519. The summed E-state index contributed by atoms with van der Waals surface area (Å²) in [6.45, 7) is 1.44. The summed E-state index contributed by atoms with van der Waals surface area (Å²) < 4.78 is 5.71. The zero-order chi connectivity index (χ0) is 21.9. The van der Waals surface area contributed by atoms with E-state index in [9.17, 15) is 4.79 Å². The van der Waals surface area contributed by atoms with Crippen molar-refractivity contribution < 1.29 is 14.6 Å². The van der Waals surface area contributed by atoms with E-state index in [0.29, 0.717) is 13.2 Å². The van der Waals surface area contributed by atoms with Gasteiger partial charge in [0.1, 0.15) is 6.61 Å². The van der Waals surface area contributed by atoms with E-state index in [4.69, 9.17) is 9.84 Å². The molecule has 1 aliphatic carbocycles. The molecule has 0 unspecified atom stereocenters. The summed E-state index contributed by atoms with van der Waals surface area (Å²) in [6, 6.07) is 16.8. The van der Waals surface area contributed by atoms with E-state index in [1.165, 1.54) is 54.4 Å². The van der Waals surface area contributed by atoms with E-state index in [1.54, 1.807) is 4.90 Å². The summed E-state index contributed by atoms with van der Waals surface area (Å²) in [5.41, 5.74) is 4.99. The zero-order valence-electron chi connectivity index (χ0n) is 18.9. The van der Waals surface area contributed by atoms with Crippen molar-refractivity contribution in [3.8, 4) is 11.1 Å². The first kappa shape index (κ1) is 23.3. The first-order valence-corrected chi connectivity index (χ1v) is 11.9. The van der Waals surface area contributed by atoms with Crippen molar-refractivity contribution in [1.29, 1.82) is 0 Å². The maximum absolute atomic E-state index is 12.5. The fourth-order valence-corrected chi connectivity index (χ4v) is 4.49. The Bertz CT molecular complexity index is 774. The Morgan fingerprint density at radius 1 is 0.806 bits per heavy atom. The van der Waals surface area contributed by atoms with Gasteiger partial charge in [0.05, 0.1) is 0 Å². The number of fused-ring (bicyclic) bond motifs is 3. The molecule has 1 aliphatic rings. The minimum absolute atomic E-state index is 0.113. The molecule has 0 atom stereocenters. The molecule has 0 spiro atoms. The van der Waals surface area contributed by atoms with Crippen LogP contribution in [-0.4, -0.2) is 42.9 Å². The maximum atomic E-state index is 12.5. The van der Waals surface area contributed by atoms with Crippen LogP contribution < -0.4 is 0 Å². The molecule has 0 saturated carbocycles. The Morgan fingerprint density at radius 3 is 1.84 bits per heavy atom. The number of amides is 1. The molecule has 4 heteroatoms. The first-order chi connectivity index (χ1) is 15.2. The number of benzene rings is 2. The summed E-state index contributed by atoms with van der Waals surface area (Å²) in [4.78, 5) is 14.2. The number of carbonyl (C=O) groups is 1. The number of ether oxygens (including phenoxy) is 1. The summed E-state index contributed by atoms with van der Waals surface area (Å²) in [5, 5.41) is 8.78. The molecule has 0 aliphatic heterocycles. The molecule has 0 aromatic heterocycles. The Kier molecular flexibility index (Phi) is 9.41. The third-order valence-electron chi connectivity index (χ3n) is 6.30. The minimum Gasteiger partial charge on any atom is -0.448 e. The molecule has 168 valence electrons. The topological polar surface area (TPSA) is 49.8 Å². The lowest BCUT2D eigenvalue weighted by molar-refractivity contribution is 0.108. The van der Waals surface area contributed by atoms with Gasteiger partial charge in [0.25, 0.3) is 0 Å². The normalized spacial score (nSPS) is 12.5. The number of carbonyl (C=O) groups excluding carboxylic acids is 1. The van der Waals surface area contributed by atoms with Crippen LogP contribution in [0, 0.1) is 0 Å². The number of nitrogens with zero attached hydrogens (tertiary/aromatic N) is 1. The van der Waals surface area contributed by atoms with E-state index < -0.39 is 0 Å². The maximum Gasteiger partial charge on any atom is 0.409 e. The molecule has 0 heterocycles. The molecule has 0 saturated heterocycles. The Morgan fingerprint density at radius 2 is 1.29 bits per heavy atom. The van der Waals surface area contributed by atoms with Gasteiger partial charge in [0, 0.05) is 26.1 Å². The van der Waals surface area contributed by atoms with Gasteiger partial charge in [-0.25, -0.2) is 4.79 Å². The predicted octanol–water partition coefficient (Wildman–Crippen LogP) is 6.37. The van der Waals surface area contributed by atoms with Crippen LogP contribution >= 0.6 is 0 Å². The van der Waals surface area contributed by atoms with Crippen LogP contribution in [0.1, 0.15) is 74.8 Å². The first-order valence-electron chi connectivity index (χ1n) is 11.9. The molecule has 1 N–H and O–H groups in total. The van der Waals surface area contributed by atoms with Gasteiger partial charge in [-0.1, -0.05) is 93.5 Å². The summed E-state index contributed by atoms with van der Waals surface area (Å²) >= 11 is 0. The molecule has 3 rings (SSSR count). The molecule has 1 amide bonds. The molecule has 4 nitrogen and oxygen atoms in total. The number of aliphatic hydroxyl groups excluding tert-OH is 1. The molecule has 2 aromatic carbocycles. The van der Waals surface area contributed by atoms with Crippen LogP contribution in [0.25, 0.3) is 11.1 Å². The van der Waals surface area contributed by atoms with Gasteiger partial charge in [-0.15, -0.1) is 0 Å². The third kappa shape index (κ3) is 6.57. The van der Waals surface area contributed by atoms with Crippen molar-refractivity contribution in [2.75, 3.05) is 26.8 Å². The molecular weight excluding hydrogens is 386 g/mol. The standard InChI is InChI=1S/C27H37NO3/c1-28(19-13-7-5-3-2-4-6-8-14-20-29)27(30)31-21-26-24-17-11-9-15-22(24)23-16-10-12-18-25(23)26/h9-12,15-18,26,29H,2-8,13-14,19-21H2,1H3. The molecule has 2 aromatic rings. The molecule has 0 fully saturated rings. The highest BCUT2D eigenvalue weighted by atomic mass is 16.6. The molecular formula is C27H37NO3. The Labute approximate surface area is 187 Å². The largest absolute Gasteiger partial charge is 0.448 e. The second-order valence-corrected chi connectivity index (χ2v) is 8.63. The molecule has 0 radical (unpaired) electrons. The lowest BCUT2D eigenvalue weighted by Crippen LogP contribution is -2.29. The van der Waals surface area contributed by atoms with Gasteiger partial charge in [-0.3, -0.25) is 0 Å². The van der Waals surface area contributed by atoms with E-state index in [-0.39, 0.29) is 12.0 Å². The third-order valence-corrected chi connectivity index (χ3v) is 6.30. The molecule has 31 heavy (non-hydrogen) atoms. The quantitative estimate of drug-likeness (QED) is 0.381. The fourth-order valence-electron chi connectivity index (χ4n) is 4.49. The highest BCUT2D eigenvalue weighted by Crippen LogP contribution is 2.44. The second-order valence-electron chi connectivity index (χ2n) is 8.63. The Hall–Kier alpha value is -2.33. The lowest BCUT2D eigenvalue weighted by atomic mass is 9.98. The highest BCUT2D eigenvalue weighted by Gasteiger charge is 2.29. The van der Waals surface area contributed by atoms with Crippen molar-refractivity contribution in [2.45, 2.75) is 63.7 Å². The van der Waals surface area contributed by atoms with E-state index in [1.807, 2.05) is 7.05 Å². The van der Waals surface area contributed by atoms with Crippen molar-refractivity contribution in [1.82, 2.24) is 4.90 Å². The van der Waals surface area contributed by atoms with Gasteiger partial charge in [0.2, 0.25) is 0 Å². The average Bonchev–Trinajstić information content (AvgIpc) is 3.12. The summed E-state index contributed by atoms with van der Waals surface area (Å²) in [5.74, 6) is 0.113. The van der Waals surface area contributed by atoms with Gasteiger partial charge >= 0.3 is 6.09 Å². The smallest absolute Gasteiger partial charge is 0.409 e. The van der Waals surface area contributed by atoms with Crippen molar-refractivity contribution in [2.24, 2.45) is 0 Å². The van der Waals surface area contributed by atoms with Crippen molar-refractivity contribution in [3.63, 3.8) is 0 Å². The number of aliphatic hydroxyl groups is 1. The van der Waals surface area contributed by atoms with E-state index in [0.717, 1.165) is 32.2 Å². The molecule has 0 bridgehead atoms. The van der Waals surface area contributed by atoms with Gasteiger partial charge in [-0.2, -0.15) is 0 Å². The second kappa shape index (κ2) is 12.5. The minimum atomic E-state index is -0.231. The number of rotatable bonds is 13. The van der Waals surface area contributed by atoms with Crippen molar-refractivity contribution in [3.05, 3.63) is 59.7 Å². The lowest BCUT2D eigenvalue weighted by Gasteiger charge is -2.19. The summed E-state index contributed by atoms with van der Waals surface area (Å²) in [6.07, 6.45) is 10.3.